The molecule has 0 unspecified atom stereocenters. The molecule has 0 aliphatic heterocycles. The molecule has 1 amide bonds. The topological polar surface area (TPSA) is 89.0 Å². The Bertz CT molecular complexity index is 1640. The average Bonchev–Trinajstić information content (AvgIpc) is 3.23. The minimum absolute atomic E-state index is 0.0806. The number of rotatable bonds is 6. The number of nitrogens with one attached hydrogen (secondary N) is 2. The molecule has 0 aliphatic rings. The molecule has 176 valence electrons. The minimum Gasteiger partial charge on any atom is -0.495 e. The largest absolute Gasteiger partial charge is 0.495 e. The molecule has 2 heterocycles. The lowest BCUT2D eigenvalue weighted by Gasteiger charge is -2.15. The van der Waals surface area contributed by atoms with Crippen molar-refractivity contribution in [1.82, 2.24) is 14.5 Å². The zero-order valence-electron chi connectivity index (χ0n) is 19.0. The first kappa shape index (κ1) is 22.7. The Balaban J connectivity index is 1.62. The van der Waals surface area contributed by atoms with Crippen molar-refractivity contribution in [2.45, 2.75) is 12.1 Å². The van der Waals surface area contributed by atoms with Crippen molar-refractivity contribution < 1.29 is 13.9 Å². The predicted molar refractivity (Wildman–Crippen MR) is 136 cm³/mol. The summed E-state index contributed by atoms with van der Waals surface area (Å²) in [6.45, 7) is 1.91. The summed E-state index contributed by atoms with van der Waals surface area (Å²) in [4.78, 5) is 34.3. The van der Waals surface area contributed by atoms with E-state index in [4.69, 9.17) is 9.72 Å². The minimum atomic E-state index is -0.523. The van der Waals surface area contributed by atoms with Crippen LogP contribution >= 0.6 is 11.8 Å². The summed E-state index contributed by atoms with van der Waals surface area (Å²) in [7, 11) is 1.53. The second kappa shape index (κ2) is 9.27. The first-order chi connectivity index (χ1) is 17.0. The van der Waals surface area contributed by atoms with Crippen molar-refractivity contribution in [3.8, 4) is 11.4 Å². The van der Waals surface area contributed by atoms with E-state index >= 15 is 0 Å². The van der Waals surface area contributed by atoms with Crippen molar-refractivity contribution in [2.24, 2.45) is 0 Å². The van der Waals surface area contributed by atoms with Gasteiger partial charge in [0, 0.05) is 10.9 Å². The Morgan fingerprint density at radius 3 is 2.71 bits per heavy atom. The van der Waals surface area contributed by atoms with Crippen LogP contribution in [0.1, 0.15) is 5.56 Å². The summed E-state index contributed by atoms with van der Waals surface area (Å²) in [6.07, 6.45) is 0. The van der Waals surface area contributed by atoms with E-state index in [1.54, 1.807) is 18.2 Å². The van der Waals surface area contributed by atoms with E-state index in [2.05, 4.69) is 10.3 Å². The number of para-hydroxylation sites is 2. The molecule has 2 N–H and O–H groups in total. The van der Waals surface area contributed by atoms with Gasteiger partial charge in [0.1, 0.15) is 22.6 Å². The Hall–Kier alpha value is -4.11. The van der Waals surface area contributed by atoms with Gasteiger partial charge in [0.05, 0.1) is 24.2 Å². The highest BCUT2D eigenvalue weighted by atomic mass is 32.2. The highest BCUT2D eigenvalue weighted by molar-refractivity contribution is 7.99. The number of fused-ring (bicyclic) bond motifs is 3. The van der Waals surface area contributed by atoms with Gasteiger partial charge in [-0.3, -0.25) is 9.59 Å². The first-order valence-electron chi connectivity index (χ1n) is 10.8. The van der Waals surface area contributed by atoms with Gasteiger partial charge >= 0.3 is 0 Å². The smallest absolute Gasteiger partial charge is 0.283 e. The van der Waals surface area contributed by atoms with E-state index < -0.39 is 11.7 Å². The zero-order chi connectivity index (χ0) is 24.5. The van der Waals surface area contributed by atoms with E-state index in [9.17, 15) is 14.0 Å². The van der Waals surface area contributed by atoms with Crippen LogP contribution in [0.5, 0.6) is 5.75 Å². The van der Waals surface area contributed by atoms with Crippen molar-refractivity contribution in [3.63, 3.8) is 0 Å². The Morgan fingerprint density at radius 1 is 1.14 bits per heavy atom. The van der Waals surface area contributed by atoms with Crippen LogP contribution in [0.25, 0.3) is 27.6 Å². The molecule has 0 saturated carbocycles. The van der Waals surface area contributed by atoms with Crippen LogP contribution in [-0.2, 0) is 4.79 Å². The van der Waals surface area contributed by atoms with Crippen LogP contribution in [0.4, 0.5) is 10.1 Å². The number of carbonyl (C=O) groups is 1. The number of aromatic amines is 1. The Labute approximate surface area is 204 Å². The van der Waals surface area contributed by atoms with Gasteiger partial charge in [-0.15, -0.1) is 0 Å². The molecule has 0 atom stereocenters. The normalized spacial score (nSPS) is 11.2. The van der Waals surface area contributed by atoms with Gasteiger partial charge in [-0.2, -0.15) is 0 Å². The van der Waals surface area contributed by atoms with Crippen LogP contribution in [0.2, 0.25) is 0 Å². The van der Waals surface area contributed by atoms with Gasteiger partial charge in [-0.05, 0) is 42.8 Å². The number of nitrogens with zero attached hydrogens (tertiary/aromatic N) is 2. The quantitative estimate of drug-likeness (QED) is 0.258. The van der Waals surface area contributed by atoms with Crippen molar-refractivity contribution in [1.29, 1.82) is 0 Å². The number of methoxy groups -OCH3 is 1. The molecule has 0 bridgehead atoms. The van der Waals surface area contributed by atoms with Crippen LogP contribution in [0.3, 0.4) is 0 Å². The second-order valence-electron chi connectivity index (χ2n) is 7.92. The molecule has 0 aliphatic carbocycles. The molecule has 9 heteroatoms. The number of carbonyl (C=O) groups excluding carboxylic acids is 1. The number of H-pyrrole nitrogens is 1. The van der Waals surface area contributed by atoms with Crippen LogP contribution in [0.15, 0.2) is 76.7 Å². The summed E-state index contributed by atoms with van der Waals surface area (Å²) >= 11 is 1.09. The number of aryl methyl sites for hydroxylation is 1. The lowest BCUT2D eigenvalue weighted by Crippen LogP contribution is -2.23. The molecule has 2 aromatic heterocycles. The van der Waals surface area contributed by atoms with Gasteiger partial charge in [0.25, 0.3) is 5.56 Å². The number of benzene rings is 3. The molecule has 5 aromatic rings. The second-order valence-corrected chi connectivity index (χ2v) is 8.86. The number of amides is 1. The van der Waals surface area contributed by atoms with Crippen LogP contribution in [-0.4, -0.2) is 33.3 Å². The predicted octanol–water partition coefficient (Wildman–Crippen LogP) is 5.05. The van der Waals surface area contributed by atoms with Crippen molar-refractivity contribution >= 4 is 45.3 Å². The summed E-state index contributed by atoms with van der Waals surface area (Å²) in [5.41, 5.74) is 2.89. The fraction of sp³-hybridized carbons (Fsp3) is 0.115. The molecule has 0 saturated heterocycles. The molecule has 3 aromatic carbocycles. The first-order valence-corrected chi connectivity index (χ1v) is 11.8. The molecule has 7 nitrogen and oxygen atoms in total. The molecular formula is C26H21FN4O3S. The SMILES string of the molecule is COc1ccc(C)cc1-n1c(SCC(=O)Nc2ccccc2F)nc2c([nH]c3ccccc32)c1=O. The van der Waals surface area contributed by atoms with Crippen molar-refractivity contribution in [3.05, 3.63) is 88.5 Å². The number of thioether (sulfide) groups is 1. The highest BCUT2D eigenvalue weighted by Crippen LogP contribution is 2.30. The van der Waals surface area contributed by atoms with E-state index in [1.165, 1.54) is 23.8 Å². The number of ether oxygens (including phenoxy) is 1. The highest BCUT2D eigenvalue weighted by Gasteiger charge is 2.20. The number of hydrogen-bond donors (Lipinski definition) is 2. The van der Waals surface area contributed by atoms with Crippen LogP contribution < -0.4 is 15.6 Å². The van der Waals surface area contributed by atoms with E-state index in [1.807, 2.05) is 43.3 Å². The summed E-state index contributed by atoms with van der Waals surface area (Å²) in [5, 5.41) is 3.69. The number of aromatic nitrogens is 3. The maximum atomic E-state index is 14.0. The maximum Gasteiger partial charge on any atom is 0.283 e. The number of halogens is 1. The molecule has 0 radical (unpaired) electrons. The fourth-order valence-electron chi connectivity index (χ4n) is 3.91. The third kappa shape index (κ3) is 4.26. The Kier molecular flexibility index (Phi) is 6.00. The van der Waals surface area contributed by atoms with Gasteiger partial charge in [0.15, 0.2) is 5.16 Å². The molecule has 35 heavy (non-hydrogen) atoms. The lowest BCUT2D eigenvalue weighted by atomic mass is 10.2. The van der Waals surface area contributed by atoms with Gasteiger partial charge in [-0.1, -0.05) is 48.2 Å². The standard InChI is InChI=1S/C26H21FN4O3S/c1-15-11-12-21(34-2)20(13-15)31-25(33)24-23(16-7-3-5-9-18(16)29-24)30-26(31)35-14-22(32)28-19-10-6-4-8-17(19)27/h3-13,29H,14H2,1-2H3,(H,28,32). The van der Waals surface area contributed by atoms with Crippen molar-refractivity contribution in [2.75, 3.05) is 18.2 Å². The van der Waals surface area contributed by atoms with Gasteiger partial charge < -0.3 is 15.0 Å². The monoisotopic (exact) mass is 488 g/mol. The molecule has 0 spiro atoms. The third-order valence-electron chi connectivity index (χ3n) is 5.55. The summed E-state index contributed by atoms with van der Waals surface area (Å²) in [6, 6.07) is 19.0. The van der Waals surface area contributed by atoms with E-state index in [0.29, 0.717) is 27.6 Å². The van der Waals surface area contributed by atoms with Gasteiger partial charge in [-0.25, -0.2) is 13.9 Å². The van der Waals surface area contributed by atoms with E-state index in [-0.39, 0.29) is 17.0 Å². The third-order valence-corrected chi connectivity index (χ3v) is 6.49. The van der Waals surface area contributed by atoms with E-state index in [0.717, 1.165) is 28.2 Å². The summed E-state index contributed by atoms with van der Waals surface area (Å²) < 4.78 is 20.9. The fourth-order valence-corrected chi connectivity index (χ4v) is 4.70. The zero-order valence-corrected chi connectivity index (χ0v) is 19.8. The molecule has 5 rings (SSSR count). The number of hydrogen-bond acceptors (Lipinski definition) is 5. The lowest BCUT2D eigenvalue weighted by molar-refractivity contribution is -0.113. The number of anilines is 1. The average molecular weight is 489 g/mol. The molecule has 0 fully saturated rings. The Morgan fingerprint density at radius 2 is 1.91 bits per heavy atom. The summed E-state index contributed by atoms with van der Waals surface area (Å²) in [5.74, 6) is -0.530. The maximum absolute atomic E-state index is 14.0. The van der Waals surface area contributed by atoms with Crippen LogP contribution in [0, 0.1) is 12.7 Å². The van der Waals surface area contributed by atoms with Gasteiger partial charge in [0.2, 0.25) is 5.91 Å². The molecular weight excluding hydrogens is 467 g/mol.